The molecular formula is C39H28FN3. The summed E-state index contributed by atoms with van der Waals surface area (Å²) in [5.41, 5.74) is 11.7. The summed E-state index contributed by atoms with van der Waals surface area (Å²) in [7, 11) is 0.500. The fraction of sp³-hybridized carbons (Fsp3) is 0.0513. The minimum Gasteiger partial charge on any atom is -0.255 e. The van der Waals surface area contributed by atoms with Gasteiger partial charge in [-0.15, -0.1) is 0 Å². The summed E-state index contributed by atoms with van der Waals surface area (Å²) in [6.07, 6.45) is 0. The zero-order chi connectivity index (χ0) is 29.3. The maximum Gasteiger partial charge on any atom is 0.164 e. The molecule has 206 valence electrons. The van der Waals surface area contributed by atoms with Gasteiger partial charge in [-0.1, -0.05) is 121 Å². The van der Waals surface area contributed by atoms with Crippen molar-refractivity contribution < 1.29 is 4.39 Å². The van der Waals surface area contributed by atoms with Crippen LogP contribution in [0.25, 0.3) is 78.3 Å². The Morgan fingerprint density at radius 2 is 0.860 bits per heavy atom. The van der Waals surface area contributed by atoms with E-state index in [2.05, 4.69) is 79.7 Å². The van der Waals surface area contributed by atoms with Crippen molar-refractivity contribution in [3.8, 4) is 67.5 Å². The van der Waals surface area contributed by atoms with Crippen LogP contribution in [0.15, 0.2) is 133 Å². The van der Waals surface area contributed by atoms with Gasteiger partial charge in [0.1, 0.15) is 0 Å². The molecule has 43 heavy (non-hydrogen) atoms. The van der Waals surface area contributed by atoms with E-state index in [9.17, 15) is 4.39 Å². The van der Waals surface area contributed by atoms with Crippen molar-refractivity contribution in [1.82, 2.24) is 15.0 Å². The van der Waals surface area contributed by atoms with Gasteiger partial charge >= 0.3 is 0 Å². The number of rotatable bonds is 4. The molecular weight excluding hydrogens is 529 g/mol. The van der Waals surface area contributed by atoms with Crippen LogP contribution < -0.4 is 0 Å². The summed E-state index contributed by atoms with van der Waals surface area (Å²) < 4.78 is 9.50. The van der Waals surface area contributed by atoms with Crippen molar-refractivity contribution in [2.45, 2.75) is 6.92 Å². The first-order valence-electron chi connectivity index (χ1n) is 14.3. The minimum atomic E-state index is 0.500. The molecule has 0 unspecified atom stereocenters. The fourth-order valence-corrected chi connectivity index (χ4v) is 6.07. The Hall–Kier alpha value is -5.48. The normalized spacial score (nSPS) is 11.1. The van der Waals surface area contributed by atoms with Gasteiger partial charge in [0, 0.05) is 16.7 Å². The van der Waals surface area contributed by atoms with E-state index in [1.165, 1.54) is 38.6 Å². The molecule has 4 heteroatoms. The van der Waals surface area contributed by atoms with E-state index < -0.39 is 0 Å². The summed E-state index contributed by atoms with van der Waals surface area (Å²) in [6.45, 7) is 2.14. The van der Waals surface area contributed by atoms with E-state index in [-0.39, 0.29) is 0 Å². The molecule has 0 fully saturated rings. The third-order valence-corrected chi connectivity index (χ3v) is 7.89. The van der Waals surface area contributed by atoms with Crippen LogP contribution in [-0.2, 0) is 0 Å². The van der Waals surface area contributed by atoms with Crippen molar-refractivity contribution in [3.63, 3.8) is 0 Å². The average Bonchev–Trinajstić information content (AvgIpc) is 3.41. The predicted octanol–water partition coefficient (Wildman–Crippen LogP) is 10.2. The molecule has 0 aliphatic heterocycles. The van der Waals surface area contributed by atoms with Gasteiger partial charge in [0.25, 0.3) is 0 Å². The summed E-state index contributed by atoms with van der Waals surface area (Å²) in [6, 6.07) is 46.8. The van der Waals surface area contributed by atoms with Gasteiger partial charge in [-0.25, -0.2) is 15.0 Å². The number of alkyl halides is 1. The van der Waals surface area contributed by atoms with E-state index in [0.29, 0.717) is 24.7 Å². The van der Waals surface area contributed by atoms with Crippen molar-refractivity contribution >= 4 is 10.8 Å². The summed E-state index contributed by atoms with van der Waals surface area (Å²) >= 11 is 0. The molecule has 1 aromatic heterocycles. The number of halogens is 1. The number of hydrogen-bond donors (Lipinski definition) is 0. The van der Waals surface area contributed by atoms with Gasteiger partial charge in [0.05, 0.1) is 7.18 Å². The third-order valence-electron chi connectivity index (χ3n) is 7.89. The Morgan fingerprint density at radius 1 is 0.395 bits per heavy atom. The summed E-state index contributed by atoms with van der Waals surface area (Å²) in [4.78, 5) is 14.8. The van der Waals surface area contributed by atoms with Gasteiger partial charge in [0.15, 0.2) is 17.5 Å². The molecule has 8 rings (SSSR count). The monoisotopic (exact) mass is 557 g/mol. The summed E-state index contributed by atoms with van der Waals surface area (Å²) in [5, 5.41) is 2.59. The molecule has 7 aromatic rings. The number of aryl methyl sites for hydroxylation is 1. The molecule has 6 aromatic carbocycles. The Balaban J connectivity index is 0.00000147. The smallest absolute Gasteiger partial charge is 0.164 e. The van der Waals surface area contributed by atoms with Crippen LogP contribution in [-0.4, -0.2) is 22.1 Å². The van der Waals surface area contributed by atoms with Gasteiger partial charge in [-0.2, -0.15) is 0 Å². The Morgan fingerprint density at radius 3 is 1.47 bits per heavy atom. The standard InChI is InChI=1S/C38H25N3.CH3F/c1-24-21-27(29-19-20-34-31-16-9-8-15-30(31)33-18-10-17-32(29)35(33)34)23-28(22-24)38-40-36(25-11-4-2-5-12-25)39-37(41-38)26-13-6-3-7-14-26;1-2/h2-23H,1H3;1H3. The Bertz CT molecular complexity index is 2020. The zero-order valence-electron chi connectivity index (χ0n) is 23.9. The maximum absolute atomic E-state index is 9.50. The van der Waals surface area contributed by atoms with E-state index >= 15 is 0 Å². The van der Waals surface area contributed by atoms with Crippen LogP contribution in [0.3, 0.4) is 0 Å². The first-order valence-corrected chi connectivity index (χ1v) is 14.3. The van der Waals surface area contributed by atoms with Crippen molar-refractivity contribution in [1.29, 1.82) is 0 Å². The second-order valence-corrected chi connectivity index (χ2v) is 10.6. The lowest BCUT2D eigenvalue weighted by atomic mass is 9.92. The van der Waals surface area contributed by atoms with Crippen molar-refractivity contribution in [3.05, 3.63) is 139 Å². The van der Waals surface area contributed by atoms with Gasteiger partial charge in [0.2, 0.25) is 0 Å². The lowest BCUT2D eigenvalue weighted by molar-refractivity contribution is 0.636. The molecule has 1 heterocycles. The molecule has 1 aliphatic carbocycles. The zero-order valence-corrected chi connectivity index (χ0v) is 23.9. The molecule has 0 amide bonds. The third kappa shape index (κ3) is 4.67. The number of nitrogens with zero attached hydrogens (tertiary/aromatic N) is 3. The average molecular weight is 558 g/mol. The lowest BCUT2D eigenvalue weighted by Gasteiger charge is -2.13. The van der Waals surface area contributed by atoms with Crippen molar-refractivity contribution in [2.24, 2.45) is 0 Å². The van der Waals surface area contributed by atoms with E-state index in [0.717, 1.165) is 27.8 Å². The molecule has 3 nitrogen and oxygen atoms in total. The SMILES string of the molecule is CF.Cc1cc(-c2nc(-c3ccccc3)nc(-c3ccccc3)n2)cc(-c2ccc3c4c(cccc24)-c2ccccc2-3)c1. The van der Waals surface area contributed by atoms with Gasteiger partial charge in [-0.3, -0.25) is 4.39 Å². The predicted molar refractivity (Wildman–Crippen MR) is 175 cm³/mol. The molecule has 0 radical (unpaired) electrons. The summed E-state index contributed by atoms with van der Waals surface area (Å²) in [5.74, 6) is 2.00. The molecule has 1 aliphatic rings. The van der Waals surface area contributed by atoms with Crippen LogP contribution in [0.5, 0.6) is 0 Å². The topological polar surface area (TPSA) is 38.7 Å². The highest BCUT2D eigenvalue weighted by Gasteiger charge is 2.22. The molecule has 0 saturated heterocycles. The quantitative estimate of drug-likeness (QED) is 0.216. The number of aromatic nitrogens is 3. The molecule has 0 N–H and O–H groups in total. The first-order chi connectivity index (χ1) is 21.2. The van der Waals surface area contributed by atoms with E-state index in [1.807, 2.05) is 60.7 Å². The number of benzene rings is 6. The highest BCUT2D eigenvalue weighted by Crippen LogP contribution is 2.49. The number of hydrogen-bond acceptors (Lipinski definition) is 3. The second kappa shape index (κ2) is 11.1. The number of fused-ring (bicyclic) bond motifs is 3. The van der Waals surface area contributed by atoms with E-state index in [4.69, 9.17) is 15.0 Å². The highest BCUT2D eigenvalue weighted by molar-refractivity contribution is 6.18. The minimum absolute atomic E-state index is 0.500. The fourth-order valence-electron chi connectivity index (χ4n) is 6.07. The maximum atomic E-state index is 9.50. The Labute approximate surface area is 250 Å². The van der Waals surface area contributed by atoms with Crippen LogP contribution in [0.4, 0.5) is 4.39 Å². The van der Waals surface area contributed by atoms with Crippen LogP contribution in [0.1, 0.15) is 5.56 Å². The van der Waals surface area contributed by atoms with Gasteiger partial charge in [-0.05, 0) is 68.8 Å². The molecule has 0 atom stereocenters. The van der Waals surface area contributed by atoms with Gasteiger partial charge < -0.3 is 0 Å². The van der Waals surface area contributed by atoms with E-state index in [1.54, 1.807) is 0 Å². The molecule has 0 saturated carbocycles. The first kappa shape index (κ1) is 26.4. The lowest BCUT2D eigenvalue weighted by Crippen LogP contribution is -2.00. The highest BCUT2D eigenvalue weighted by atomic mass is 19.1. The molecule has 0 bridgehead atoms. The van der Waals surface area contributed by atoms with Crippen molar-refractivity contribution in [2.75, 3.05) is 7.18 Å². The van der Waals surface area contributed by atoms with Crippen LogP contribution in [0, 0.1) is 6.92 Å². The largest absolute Gasteiger partial charge is 0.255 e. The van der Waals surface area contributed by atoms with Crippen LogP contribution >= 0.6 is 0 Å². The molecule has 0 spiro atoms. The Kier molecular flexibility index (Phi) is 6.80. The van der Waals surface area contributed by atoms with Crippen LogP contribution in [0.2, 0.25) is 0 Å². The second-order valence-electron chi connectivity index (χ2n) is 10.6.